The van der Waals surface area contributed by atoms with Gasteiger partial charge in [-0.3, -0.25) is 9.59 Å². The van der Waals surface area contributed by atoms with Gasteiger partial charge >= 0.3 is 5.97 Å². The van der Waals surface area contributed by atoms with Gasteiger partial charge < -0.3 is 9.64 Å². The Morgan fingerprint density at radius 2 is 1.96 bits per heavy atom. The second kappa shape index (κ2) is 5.91. The second-order valence-corrected chi connectivity index (χ2v) is 8.07. The third kappa shape index (κ3) is 2.83. The van der Waals surface area contributed by atoms with Gasteiger partial charge in [0.15, 0.2) is 0 Å². The minimum atomic E-state index is -0.1000. The van der Waals surface area contributed by atoms with Gasteiger partial charge in [-0.1, -0.05) is 30.3 Å². The number of benzene rings is 1. The van der Waals surface area contributed by atoms with E-state index in [1.54, 1.807) is 0 Å². The molecular weight excluding hydrogens is 302 g/mol. The minimum Gasteiger partial charge on any atom is -0.465 e. The number of hydrogen-bond donors (Lipinski definition) is 0. The van der Waals surface area contributed by atoms with E-state index in [2.05, 4.69) is 24.3 Å². The molecule has 24 heavy (non-hydrogen) atoms. The maximum absolute atomic E-state index is 12.6. The molecule has 1 aromatic carbocycles. The first-order valence-electron chi connectivity index (χ1n) is 9.01. The van der Waals surface area contributed by atoms with E-state index < -0.39 is 0 Å². The predicted molar refractivity (Wildman–Crippen MR) is 90.2 cm³/mol. The van der Waals surface area contributed by atoms with Crippen molar-refractivity contribution in [3.63, 3.8) is 0 Å². The lowest BCUT2D eigenvalue weighted by Crippen LogP contribution is -2.52. The molecule has 0 radical (unpaired) electrons. The van der Waals surface area contributed by atoms with Crippen LogP contribution >= 0.6 is 0 Å². The summed E-state index contributed by atoms with van der Waals surface area (Å²) in [4.78, 5) is 25.9. The number of hydrogen-bond acceptors (Lipinski definition) is 3. The minimum absolute atomic E-state index is 0.0201. The third-order valence-corrected chi connectivity index (χ3v) is 6.24. The van der Waals surface area contributed by atoms with Gasteiger partial charge in [-0.2, -0.15) is 0 Å². The molecule has 0 aromatic heterocycles. The Kier molecular flexibility index (Phi) is 3.86. The van der Waals surface area contributed by atoms with Crippen molar-refractivity contribution in [2.75, 3.05) is 13.7 Å². The molecule has 2 aliphatic carbocycles. The Morgan fingerprint density at radius 3 is 2.58 bits per heavy atom. The first kappa shape index (κ1) is 15.7. The van der Waals surface area contributed by atoms with Crippen molar-refractivity contribution in [1.82, 2.24) is 4.90 Å². The Morgan fingerprint density at radius 1 is 1.25 bits per heavy atom. The van der Waals surface area contributed by atoms with Crippen LogP contribution in [0.5, 0.6) is 0 Å². The van der Waals surface area contributed by atoms with Gasteiger partial charge in [0.1, 0.15) is 0 Å². The summed E-state index contributed by atoms with van der Waals surface area (Å²) in [5.41, 5.74) is 1.37. The molecule has 1 amide bonds. The van der Waals surface area contributed by atoms with Crippen molar-refractivity contribution in [2.45, 2.75) is 44.6 Å². The average molecular weight is 327 g/mol. The molecule has 0 bridgehead atoms. The summed E-state index contributed by atoms with van der Waals surface area (Å²) in [6.45, 7) is 0.516. The molecule has 4 heteroatoms. The maximum Gasteiger partial charge on any atom is 0.306 e. The first-order chi connectivity index (χ1) is 11.5. The van der Waals surface area contributed by atoms with Gasteiger partial charge in [-0.05, 0) is 43.6 Å². The molecule has 1 spiro atoms. The molecule has 1 saturated heterocycles. The van der Waals surface area contributed by atoms with Gasteiger partial charge in [0, 0.05) is 24.4 Å². The molecule has 0 atom stereocenters. The molecular formula is C20H25NO3. The Labute approximate surface area is 143 Å². The van der Waals surface area contributed by atoms with Crippen LogP contribution in [0, 0.1) is 17.3 Å². The van der Waals surface area contributed by atoms with Gasteiger partial charge in [0.2, 0.25) is 5.91 Å². The number of esters is 1. The lowest BCUT2D eigenvalue weighted by molar-refractivity contribution is -0.147. The van der Waals surface area contributed by atoms with E-state index in [4.69, 9.17) is 4.74 Å². The van der Waals surface area contributed by atoms with Crippen LogP contribution in [0.15, 0.2) is 30.3 Å². The molecule has 3 fully saturated rings. The quantitative estimate of drug-likeness (QED) is 0.799. The summed E-state index contributed by atoms with van der Waals surface area (Å²) >= 11 is 0. The van der Waals surface area contributed by atoms with E-state index in [1.165, 1.54) is 5.56 Å². The highest BCUT2D eigenvalue weighted by atomic mass is 16.5. The number of ether oxygens (including phenoxy) is 1. The van der Waals surface area contributed by atoms with E-state index in [0.717, 1.165) is 32.1 Å². The Bertz CT molecular complexity index is 630. The highest BCUT2D eigenvalue weighted by molar-refractivity contribution is 5.81. The molecule has 1 heterocycles. The molecule has 128 valence electrons. The van der Waals surface area contributed by atoms with Crippen molar-refractivity contribution in [3.05, 3.63) is 35.9 Å². The SMILES string of the molecule is CN(C(=O)C1CC2(COC(=O)C2)C1)C1CC(Cc2ccccc2)C1. The number of rotatable bonds is 4. The van der Waals surface area contributed by atoms with Crippen LogP contribution in [0.25, 0.3) is 0 Å². The molecule has 1 aliphatic heterocycles. The zero-order chi connectivity index (χ0) is 16.7. The molecule has 0 unspecified atom stereocenters. The highest BCUT2D eigenvalue weighted by Crippen LogP contribution is 2.52. The summed E-state index contributed by atoms with van der Waals surface area (Å²) in [6.07, 6.45) is 5.48. The molecule has 1 aromatic rings. The van der Waals surface area contributed by atoms with Crippen molar-refractivity contribution < 1.29 is 14.3 Å². The second-order valence-electron chi connectivity index (χ2n) is 8.07. The number of carbonyl (C=O) groups excluding carboxylic acids is 2. The van der Waals surface area contributed by atoms with Crippen molar-refractivity contribution in [2.24, 2.45) is 17.3 Å². The maximum atomic E-state index is 12.6. The Hall–Kier alpha value is -1.84. The zero-order valence-corrected chi connectivity index (χ0v) is 14.2. The van der Waals surface area contributed by atoms with E-state index in [0.29, 0.717) is 25.0 Å². The predicted octanol–water partition coefficient (Wildman–Crippen LogP) is 2.81. The average Bonchev–Trinajstić information content (AvgIpc) is 2.91. The van der Waals surface area contributed by atoms with E-state index in [-0.39, 0.29) is 23.2 Å². The van der Waals surface area contributed by atoms with Crippen molar-refractivity contribution in [1.29, 1.82) is 0 Å². The molecule has 4 rings (SSSR count). The number of nitrogens with zero attached hydrogens (tertiary/aromatic N) is 1. The van der Waals surface area contributed by atoms with E-state index in [1.807, 2.05) is 18.0 Å². The standard InChI is InChI=1S/C20H25NO3/c1-21(17-8-15(9-17)7-14-5-3-2-4-6-14)19(23)16-10-20(11-16)12-18(22)24-13-20/h2-6,15-17H,7-13H2,1H3. The fourth-order valence-corrected chi connectivity index (χ4v) is 4.66. The monoisotopic (exact) mass is 327 g/mol. The number of cyclic esters (lactones) is 1. The van der Waals surface area contributed by atoms with Gasteiger partial charge in [0.05, 0.1) is 13.0 Å². The lowest BCUT2D eigenvalue weighted by atomic mass is 9.61. The van der Waals surface area contributed by atoms with Crippen LogP contribution < -0.4 is 0 Å². The summed E-state index contributed by atoms with van der Waals surface area (Å²) in [5, 5.41) is 0. The normalized spacial score (nSPS) is 34.4. The lowest BCUT2D eigenvalue weighted by Gasteiger charge is -2.47. The van der Waals surface area contributed by atoms with Gasteiger partial charge in [-0.25, -0.2) is 0 Å². The number of amides is 1. The Balaban J connectivity index is 1.24. The van der Waals surface area contributed by atoms with Crippen LogP contribution in [-0.4, -0.2) is 36.5 Å². The summed E-state index contributed by atoms with van der Waals surface area (Å²) < 4.78 is 5.09. The molecule has 0 N–H and O–H groups in total. The van der Waals surface area contributed by atoms with Gasteiger partial charge in [-0.15, -0.1) is 0 Å². The van der Waals surface area contributed by atoms with E-state index >= 15 is 0 Å². The van der Waals surface area contributed by atoms with Crippen molar-refractivity contribution in [3.8, 4) is 0 Å². The molecule has 3 aliphatic rings. The highest BCUT2D eigenvalue weighted by Gasteiger charge is 2.53. The molecule has 4 nitrogen and oxygen atoms in total. The largest absolute Gasteiger partial charge is 0.465 e. The van der Waals surface area contributed by atoms with Crippen LogP contribution in [0.1, 0.15) is 37.7 Å². The summed E-state index contributed by atoms with van der Waals surface area (Å²) in [7, 11) is 1.95. The first-order valence-corrected chi connectivity index (χ1v) is 9.01. The van der Waals surface area contributed by atoms with E-state index in [9.17, 15) is 9.59 Å². The van der Waals surface area contributed by atoms with Crippen LogP contribution in [0.3, 0.4) is 0 Å². The topological polar surface area (TPSA) is 46.6 Å². The summed E-state index contributed by atoms with van der Waals surface area (Å²) in [6, 6.07) is 11.0. The van der Waals surface area contributed by atoms with Crippen LogP contribution in [0.4, 0.5) is 0 Å². The fourth-order valence-electron chi connectivity index (χ4n) is 4.66. The van der Waals surface area contributed by atoms with Gasteiger partial charge in [0.25, 0.3) is 0 Å². The van der Waals surface area contributed by atoms with Crippen LogP contribution in [-0.2, 0) is 20.7 Å². The number of carbonyl (C=O) groups is 2. The van der Waals surface area contributed by atoms with Crippen molar-refractivity contribution >= 4 is 11.9 Å². The smallest absolute Gasteiger partial charge is 0.306 e. The van der Waals surface area contributed by atoms with Crippen LogP contribution in [0.2, 0.25) is 0 Å². The third-order valence-electron chi connectivity index (χ3n) is 6.24. The molecule has 2 saturated carbocycles. The zero-order valence-electron chi connectivity index (χ0n) is 14.2. The summed E-state index contributed by atoms with van der Waals surface area (Å²) in [5.74, 6) is 0.957. The fraction of sp³-hybridized carbons (Fsp3) is 0.600.